The number of benzene rings is 3. The Labute approximate surface area is 169 Å². The van der Waals surface area contributed by atoms with E-state index in [4.69, 9.17) is 16.3 Å². The third-order valence-corrected chi connectivity index (χ3v) is 5.08. The van der Waals surface area contributed by atoms with Gasteiger partial charge in [-0.3, -0.25) is 4.79 Å². The molecule has 1 heterocycles. The molecule has 0 atom stereocenters. The van der Waals surface area contributed by atoms with E-state index in [-0.39, 0.29) is 12.5 Å². The number of hydrogen-bond donors (Lipinski definition) is 1. The van der Waals surface area contributed by atoms with Gasteiger partial charge in [0.15, 0.2) is 6.61 Å². The minimum atomic E-state index is -0.199. The topological polar surface area (TPSA) is 41.6 Å². The van der Waals surface area contributed by atoms with E-state index < -0.39 is 0 Å². The SMILES string of the molecule is O=C(COc1ccc(Cl)cc1)Nc1ccc(N2CCc3ccccc3C2)cc1. The maximum absolute atomic E-state index is 12.1. The predicted octanol–water partition coefficient (Wildman–Crippen LogP) is 4.92. The summed E-state index contributed by atoms with van der Waals surface area (Å²) in [6.45, 7) is 1.86. The van der Waals surface area contributed by atoms with Crippen molar-refractivity contribution < 1.29 is 9.53 Å². The smallest absolute Gasteiger partial charge is 0.262 e. The zero-order valence-electron chi connectivity index (χ0n) is 15.4. The molecule has 1 aliphatic rings. The molecule has 1 N–H and O–H groups in total. The number of anilines is 2. The third-order valence-electron chi connectivity index (χ3n) is 4.83. The van der Waals surface area contributed by atoms with Crippen molar-refractivity contribution >= 4 is 28.9 Å². The quantitative estimate of drug-likeness (QED) is 0.670. The van der Waals surface area contributed by atoms with Gasteiger partial charge in [-0.25, -0.2) is 0 Å². The van der Waals surface area contributed by atoms with E-state index in [0.717, 1.165) is 30.9 Å². The Kier molecular flexibility index (Phi) is 5.49. The van der Waals surface area contributed by atoms with Gasteiger partial charge in [-0.2, -0.15) is 0 Å². The molecule has 0 aliphatic carbocycles. The maximum atomic E-state index is 12.1. The Balaban J connectivity index is 1.32. The van der Waals surface area contributed by atoms with Gasteiger partial charge in [0.05, 0.1) is 0 Å². The van der Waals surface area contributed by atoms with E-state index in [1.165, 1.54) is 11.1 Å². The number of nitrogens with zero attached hydrogens (tertiary/aromatic N) is 1. The van der Waals surface area contributed by atoms with Crippen molar-refractivity contribution in [2.24, 2.45) is 0 Å². The van der Waals surface area contributed by atoms with Gasteiger partial charge in [0.1, 0.15) is 5.75 Å². The molecule has 1 amide bonds. The second-order valence-electron chi connectivity index (χ2n) is 6.78. The minimum Gasteiger partial charge on any atom is -0.484 e. The van der Waals surface area contributed by atoms with Crippen molar-refractivity contribution in [1.82, 2.24) is 0 Å². The molecule has 0 saturated carbocycles. The molecule has 0 aromatic heterocycles. The first-order chi connectivity index (χ1) is 13.7. The van der Waals surface area contributed by atoms with Crippen molar-refractivity contribution in [3.8, 4) is 5.75 Å². The second-order valence-corrected chi connectivity index (χ2v) is 7.21. The number of carbonyl (C=O) groups is 1. The lowest BCUT2D eigenvalue weighted by Gasteiger charge is -2.30. The van der Waals surface area contributed by atoms with Crippen molar-refractivity contribution in [1.29, 1.82) is 0 Å². The number of ether oxygens (including phenoxy) is 1. The van der Waals surface area contributed by atoms with Crippen LogP contribution in [0.5, 0.6) is 5.75 Å². The lowest BCUT2D eigenvalue weighted by molar-refractivity contribution is -0.118. The average molecular weight is 393 g/mol. The predicted molar refractivity (Wildman–Crippen MR) is 113 cm³/mol. The lowest BCUT2D eigenvalue weighted by Crippen LogP contribution is -2.30. The molecule has 0 saturated heterocycles. The van der Waals surface area contributed by atoms with Crippen LogP contribution in [0.4, 0.5) is 11.4 Å². The van der Waals surface area contributed by atoms with Gasteiger partial charge >= 0.3 is 0 Å². The highest BCUT2D eigenvalue weighted by Gasteiger charge is 2.16. The first-order valence-electron chi connectivity index (χ1n) is 9.27. The maximum Gasteiger partial charge on any atom is 0.262 e. The molecule has 0 unspecified atom stereocenters. The van der Waals surface area contributed by atoms with Crippen LogP contribution in [-0.2, 0) is 17.8 Å². The Morgan fingerprint density at radius 1 is 0.964 bits per heavy atom. The Morgan fingerprint density at radius 3 is 2.43 bits per heavy atom. The van der Waals surface area contributed by atoms with Crippen molar-refractivity contribution in [2.45, 2.75) is 13.0 Å². The van der Waals surface area contributed by atoms with Gasteiger partial charge in [0, 0.05) is 29.5 Å². The van der Waals surface area contributed by atoms with Crippen LogP contribution >= 0.6 is 11.6 Å². The van der Waals surface area contributed by atoms with Gasteiger partial charge in [-0.15, -0.1) is 0 Å². The molecule has 0 fully saturated rings. The third kappa shape index (κ3) is 4.46. The fraction of sp³-hybridized carbons (Fsp3) is 0.174. The lowest BCUT2D eigenvalue weighted by atomic mass is 9.99. The van der Waals surface area contributed by atoms with E-state index >= 15 is 0 Å². The highest BCUT2D eigenvalue weighted by atomic mass is 35.5. The number of nitrogens with one attached hydrogen (secondary N) is 1. The van der Waals surface area contributed by atoms with Gasteiger partial charge in [-0.1, -0.05) is 35.9 Å². The second kappa shape index (κ2) is 8.36. The fourth-order valence-corrected chi connectivity index (χ4v) is 3.47. The minimum absolute atomic E-state index is 0.0493. The molecule has 0 spiro atoms. The molecular weight excluding hydrogens is 372 g/mol. The molecular formula is C23H21ClN2O2. The van der Waals surface area contributed by atoms with Gasteiger partial charge in [0.2, 0.25) is 0 Å². The van der Waals surface area contributed by atoms with E-state index in [9.17, 15) is 4.79 Å². The van der Waals surface area contributed by atoms with Gasteiger partial charge in [0.25, 0.3) is 5.91 Å². The molecule has 4 rings (SSSR count). The first-order valence-corrected chi connectivity index (χ1v) is 9.65. The number of hydrogen-bond acceptors (Lipinski definition) is 3. The van der Waals surface area contributed by atoms with E-state index in [1.807, 2.05) is 24.3 Å². The van der Waals surface area contributed by atoms with E-state index in [1.54, 1.807) is 24.3 Å². The van der Waals surface area contributed by atoms with Crippen LogP contribution in [0.3, 0.4) is 0 Å². The molecule has 142 valence electrons. The number of halogens is 1. The number of amides is 1. The highest BCUT2D eigenvalue weighted by Crippen LogP contribution is 2.25. The van der Waals surface area contributed by atoms with Crippen molar-refractivity contribution in [3.63, 3.8) is 0 Å². The molecule has 3 aromatic carbocycles. The summed E-state index contributed by atoms with van der Waals surface area (Å²) in [7, 11) is 0. The molecule has 28 heavy (non-hydrogen) atoms. The molecule has 0 bridgehead atoms. The van der Waals surface area contributed by atoms with Crippen LogP contribution < -0.4 is 15.0 Å². The summed E-state index contributed by atoms with van der Waals surface area (Å²) < 4.78 is 5.47. The van der Waals surface area contributed by atoms with Crippen LogP contribution in [0.2, 0.25) is 5.02 Å². The van der Waals surface area contributed by atoms with E-state index in [0.29, 0.717) is 10.8 Å². The monoisotopic (exact) mass is 392 g/mol. The number of fused-ring (bicyclic) bond motifs is 1. The summed E-state index contributed by atoms with van der Waals surface area (Å²) in [4.78, 5) is 14.5. The summed E-state index contributed by atoms with van der Waals surface area (Å²) >= 11 is 5.84. The van der Waals surface area contributed by atoms with Crippen LogP contribution in [0.15, 0.2) is 72.8 Å². The fourth-order valence-electron chi connectivity index (χ4n) is 3.35. The van der Waals surface area contributed by atoms with Gasteiger partial charge < -0.3 is 15.0 Å². The number of carbonyl (C=O) groups excluding carboxylic acids is 1. The summed E-state index contributed by atoms with van der Waals surface area (Å²) in [5.74, 6) is 0.412. The average Bonchev–Trinajstić information content (AvgIpc) is 2.73. The molecule has 5 heteroatoms. The van der Waals surface area contributed by atoms with Crippen LogP contribution in [-0.4, -0.2) is 19.1 Å². The van der Waals surface area contributed by atoms with Gasteiger partial charge in [-0.05, 0) is 66.1 Å². The Hall–Kier alpha value is -2.98. The molecule has 4 nitrogen and oxygen atoms in total. The summed E-state index contributed by atoms with van der Waals surface area (Å²) in [6, 6.07) is 23.5. The zero-order valence-corrected chi connectivity index (χ0v) is 16.2. The molecule has 1 aliphatic heterocycles. The standard InChI is InChI=1S/C23H21ClN2O2/c24-19-5-11-22(12-6-19)28-16-23(27)25-20-7-9-21(10-8-20)26-14-13-17-3-1-2-4-18(17)15-26/h1-12H,13-16H2,(H,25,27). The Bertz CT molecular complexity index is 955. The summed E-state index contributed by atoms with van der Waals surface area (Å²) in [6.07, 6.45) is 1.05. The summed E-state index contributed by atoms with van der Waals surface area (Å²) in [5, 5.41) is 3.49. The Morgan fingerprint density at radius 2 is 1.68 bits per heavy atom. The van der Waals surface area contributed by atoms with Crippen LogP contribution in [0.1, 0.15) is 11.1 Å². The largest absolute Gasteiger partial charge is 0.484 e. The first kappa shape index (κ1) is 18.4. The number of rotatable bonds is 5. The van der Waals surface area contributed by atoms with Crippen LogP contribution in [0.25, 0.3) is 0 Å². The molecule has 3 aromatic rings. The van der Waals surface area contributed by atoms with Crippen molar-refractivity contribution in [3.05, 3.63) is 88.9 Å². The van der Waals surface area contributed by atoms with Crippen molar-refractivity contribution in [2.75, 3.05) is 23.4 Å². The zero-order chi connectivity index (χ0) is 19.3. The summed E-state index contributed by atoms with van der Waals surface area (Å²) in [5.41, 5.74) is 4.73. The van der Waals surface area contributed by atoms with E-state index in [2.05, 4.69) is 34.5 Å². The normalized spacial score (nSPS) is 13.0. The molecule has 0 radical (unpaired) electrons. The highest BCUT2D eigenvalue weighted by molar-refractivity contribution is 6.30. The van der Waals surface area contributed by atoms with Crippen LogP contribution in [0, 0.1) is 0 Å².